The maximum Gasteiger partial charge on any atom is 0.308 e. The number of nitrogens with zero attached hydrogens (tertiary/aromatic N) is 2. The first-order valence-corrected chi connectivity index (χ1v) is 10.2. The topological polar surface area (TPSA) is 64.0 Å². The number of benzene rings is 2. The second kappa shape index (κ2) is 7.46. The van der Waals surface area contributed by atoms with Crippen LogP contribution in [-0.2, 0) is 11.3 Å². The van der Waals surface area contributed by atoms with Gasteiger partial charge in [0.05, 0.1) is 15.9 Å². The van der Waals surface area contributed by atoms with Crippen LogP contribution in [0.4, 0.5) is 5.13 Å². The van der Waals surface area contributed by atoms with Gasteiger partial charge in [0.1, 0.15) is 0 Å². The van der Waals surface area contributed by atoms with E-state index in [2.05, 4.69) is 10.3 Å². The standard InChI is InChI=1S/C20H17N3O2S2/c1-13-6-8-14(9-7-13)15-12-26-19(21-15)22-18(24)10-11-23-16-4-2-3-5-17(16)27-20(23)25/h2-9,12H,10-11H2,1H3,(H,21,22,24). The summed E-state index contributed by atoms with van der Waals surface area (Å²) in [4.78, 5) is 28.9. The lowest BCUT2D eigenvalue weighted by molar-refractivity contribution is -0.116. The average molecular weight is 396 g/mol. The zero-order valence-corrected chi connectivity index (χ0v) is 16.3. The lowest BCUT2D eigenvalue weighted by atomic mass is 10.1. The minimum atomic E-state index is -0.151. The molecule has 0 unspecified atom stereocenters. The number of hydrogen-bond donors (Lipinski definition) is 1. The molecule has 0 saturated carbocycles. The molecule has 0 atom stereocenters. The Bertz CT molecular complexity index is 1160. The van der Waals surface area contributed by atoms with Crippen molar-refractivity contribution in [1.82, 2.24) is 9.55 Å². The molecule has 0 aliphatic carbocycles. The molecule has 2 aromatic carbocycles. The van der Waals surface area contributed by atoms with Crippen molar-refractivity contribution in [2.24, 2.45) is 0 Å². The van der Waals surface area contributed by atoms with E-state index in [-0.39, 0.29) is 17.2 Å². The van der Waals surface area contributed by atoms with Gasteiger partial charge >= 0.3 is 4.87 Å². The zero-order chi connectivity index (χ0) is 18.8. The first-order chi connectivity index (χ1) is 13.1. The molecule has 0 aliphatic rings. The van der Waals surface area contributed by atoms with Crippen LogP contribution in [0.1, 0.15) is 12.0 Å². The molecule has 0 bridgehead atoms. The predicted octanol–water partition coefficient (Wildman–Crippen LogP) is 4.52. The van der Waals surface area contributed by atoms with Crippen molar-refractivity contribution >= 4 is 43.9 Å². The third kappa shape index (κ3) is 3.84. The first-order valence-electron chi connectivity index (χ1n) is 8.51. The monoisotopic (exact) mass is 395 g/mol. The Labute approximate surface area is 163 Å². The lowest BCUT2D eigenvalue weighted by Crippen LogP contribution is -2.19. The second-order valence-corrected chi connectivity index (χ2v) is 8.04. The molecule has 4 aromatic rings. The van der Waals surface area contributed by atoms with Crippen molar-refractivity contribution in [2.75, 3.05) is 5.32 Å². The SMILES string of the molecule is Cc1ccc(-c2csc(NC(=O)CCn3c(=O)sc4ccccc43)n2)cc1. The van der Waals surface area contributed by atoms with E-state index in [0.29, 0.717) is 11.7 Å². The van der Waals surface area contributed by atoms with Crippen molar-refractivity contribution in [2.45, 2.75) is 19.9 Å². The molecule has 2 heterocycles. The molecule has 7 heteroatoms. The molecule has 0 aliphatic heterocycles. The molecule has 5 nitrogen and oxygen atoms in total. The highest BCUT2D eigenvalue weighted by Crippen LogP contribution is 2.25. The van der Waals surface area contributed by atoms with Crippen LogP contribution in [0.5, 0.6) is 0 Å². The Morgan fingerprint density at radius 3 is 2.74 bits per heavy atom. The molecular formula is C20H17N3O2S2. The van der Waals surface area contributed by atoms with Gasteiger partial charge in [-0.05, 0) is 19.1 Å². The second-order valence-electron chi connectivity index (χ2n) is 6.19. The van der Waals surface area contributed by atoms with E-state index < -0.39 is 0 Å². The van der Waals surface area contributed by atoms with E-state index in [9.17, 15) is 9.59 Å². The van der Waals surface area contributed by atoms with Crippen molar-refractivity contribution in [3.8, 4) is 11.3 Å². The third-order valence-corrected chi connectivity index (χ3v) is 5.95. The van der Waals surface area contributed by atoms with Crippen LogP contribution in [0.3, 0.4) is 0 Å². The Kier molecular flexibility index (Phi) is 4.87. The van der Waals surface area contributed by atoms with Gasteiger partial charge in [-0.15, -0.1) is 11.3 Å². The molecule has 4 rings (SSSR count). The molecule has 0 spiro atoms. The van der Waals surface area contributed by atoms with E-state index in [4.69, 9.17) is 0 Å². The number of amides is 1. The molecule has 27 heavy (non-hydrogen) atoms. The van der Waals surface area contributed by atoms with Crippen LogP contribution in [0, 0.1) is 6.92 Å². The van der Waals surface area contributed by atoms with Gasteiger partial charge in [0.15, 0.2) is 5.13 Å². The molecule has 2 aromatic heterocycles. The van der Waals surface area contributed by atoms with Crippen LogP contribution in [0.25, 0.3) is 21.5 Å². The smallest absolute Gasteiger partial charge is 0.302 e. The molecule has 136 valence electrons. The summed E-state index contributed by atoms with van der Waals surface area (Å²) >= 11 is 2.60. The summed E-state index contributed by atoms with van der Waals surface area (Å²) in [6.07, 6.45) is 0.222. The number of nitrogens with one attached hydrogen (secondary N) is 1. The van der Waals surface area contributed by atoms with E-state index in [1.807, 2.05) is 60.8 Å². The highest BCUT2D eigenvalue weighted by atomic mass is 32.1. The number of hydrogen-bond acceptors (Lipinski definition) is 5. The summed E-state index contributed by atoms with van der Waals surface area (Å²) in [7, 11) is 0. The number of fused-ring (bicyclic) bond motifs is 1. The van der Waals surface area contributed by atoms with Crippen LogP contribution in [0.2, 0.25) is 0 Å². The molecule has 0 radical (unpaired) electrons. The van der Waals surface area contributed by atoms with Crippen molar-refractivity contribution in [3.63, 3.8) is 0 Å². The minimum Gasteiger partial charge on any atom is -0.302 e. The summed E-state index contributed by atoms with van der Waals surface area (Å²) in [5.41, 5.74) is 3.93. The van der Waals surface area contributed by atoms with E-state index in [1.165, 1.54) is 28.2 Å². The summed E-state index contributed by atoms with van der Waals surface area (Å²) in [5.74, 6) is -0.151. The van der Waals surface area contributed by atoms with Crippen molar-refractivity contribution < 1.29 is 4.79 Å². The Morgan fingerprint density at radius 1 is 1.15 bits per heavy atom. The number of carbonyl (C=O) groups is 1. The molecule has 0 fully saturated rings. The van der Waals surface area contributed by atoms with Crippen molar-refractivity contribution in [3.05, 3.63) is 69.1 Å². The normalized spacial score (nSPS) is 11.0. The van der Waals surface area contributed by atoms with Crippen LogP contribution in [0.15, 0.2) is 58.7 Å². The average Bonchev–Trinajstić information content (AvgIpc) is 3.24. The number of thiazole rings is 2. The van der Waals surface area contributed by atoms with E-state index in [1.54, 1.807) is 4.57 Å². The summed E-state index contributed by atoms with van der Waals surface area (Å²) in [6, 6.07) is 15.7. The minimum absolute atomic E-state index is 0.0418. The number of rotatable bonds is 5. The number of carbonyl (C=O) groups excluding carboxylic acids is 1. The van der Waals surface area contributed by atoms with Gasteiger partial charge in [0.25, 0.3) is 0 Å². The third-order valence-electron chi connectivity index (χ3n) is 4.23. The van der Waals surface area contributed by atoms with Gasteiger partial charge in [-0.2, -0.15) is 0 Å². The van der Waals surface area contributed by atoms with Gasteiger partial charge in [0, 0.05) is 23.9 Å². The Morgan fingerprint density at radius 2 is 1.93 bits per heavy atom. The quantitative estimate of drug-likeness (QED) is 0.540. The largest absolute Gasteiger partial charge is 0.308 e. The highest BCUT2D eigenvalue weighted by molar-refractivity contribution is 7.16. The van der Waals surface area contributed by atoms with Gasteiger partial charge in [-0.3, -0.25) is 14.2 Å². The molecular weight excluding hydrogens is 378 g/mol. The maximum absolute atomic E-state index is 12.3. The maximum atomic E-state index is 12.3. The molecule has 1 N–H and O–H groups in total. The summed E-state index contributed by atoms with van der Waals surface area (Å²) in [5, 5.41) is 5.33. The zero-order valence-electron chi connectivity index (χ0n) is 14.6. The van der Waals surface area contributed by atoms with Crippen LogP contribution < -0.4 is 10.2 Å². The first kappa shape index (κ1) is 17.6. The van der Waals surface area contributed by atoms with Crippen LogP contribution in [-0.4, -0.2) is 15.5 Å². The predicted molar refractivity (Wildman–Crippen MR) is 112 cm³/mol. The Hall–Kier alpha value is -2.77. The van der Waals surface area contributed by atoms with Gasteiger partial charge < -0.3 is 5.32 Å². The number of aryl methyl sites for hydroxylation is 2. The summed E-state index contributed by atoms with van der Waals surface area (Å²) < 4.78 is 2.59. The number of anilines is 1. The number of para-hydroxylation sites is 1. The fourth-order valence-corrected chi connectivity index (χ4v) is 4.46. The van der Waals surface area contributed by atoms with Crippen molar-refractivity contribution in [1.29, 1.82) is 0 Å². The van der Waals surface area contributed by atoms with E-state index >= 15 is 0 Å². The van der Waals surface area contributed by atoms with Gasteiger partial charge in [-0.1, -0.05) is 53.3 Å². The van der Waals surface area contributed by atoms with Gasteiger partial charge in [-0.25, -0.2) is 4.98 Å². The highest BCUT2D eigenvalue weighted by Gasteiger charge is 2.11. The summed E-state index contributed by atoms with van der Waals surface area (Å²) in [6.45, 7) is 2.39. The van der Waals surface area contributed by atoms with Crippen LogP contribution >= 0.6 is 22.7 Å². The molecule has 0 saturated heterocycles. The molecule has 1 amide bonds. The van der Waals surface area contributed by atoms with Gasteiger partial charge in [0.2, 0.25) is 5.91 Å². The Balaban J connectivity index is 1.42. The lowest BCUT2D eigenvalue weighted by Gasteiger charge is -2.04. The fraction of sp³-hybridized carbons (Fsp3) is 0.150. The number of aromatic nitrogens is 2. The fourth-order valence-electron chi connectivity index (χ4n) is 2.81. The van der Waals surface area contributed by atoms with E-state index in [0.717, 1.165) is 21.5 Å².